The Labute approximate surface area is 197 Å². The molecular formula is C28H26F2O4. The lowest BCUT2D eigenvalue weighted by atomic mass is 9.48. The van der Waals surface area contributed by atoms with Gasteiger partial charge >= 0.3 is 5.97 Å². The lowest BCUT2D eigenvalue weighted by Crippen LogP contribution is -2.48. The number of benzene rings is 3. The van der Waals surface area contributed by atoms with E-state index in [9.17, 15) is 4.79 Å². The Morgan fingerprint density at radius 2 is 1.47 bits per heavy atom. The largest absolute Gasteiger partial charge is 0.496 e. The SMILES string of the molecule is COc1ccc(OC)c2c1C1c3cccc(F)c3C2([C@H](C)CCOC(C)=O)c2c(F)cccc21. The molecule has 3 aliphatic carbocycles. The lowest BCUT2D eigenvalue weighted by Gasteiger charge is -2.54. The number of halogens is 2. The minimum absolute atomic E-state index is 0.136. The van der Waals surface area contributed by atoms with E-state index in [0.29, 0.717) is 34.6 Å². The van der Waals surface area contributed by atoms with Crippen molar-refractivity contribution in [2.75, 3.05) is 20.8 Å². The standard InChI is InChI=1S/C28H26F2O4/c1-15(13-14-34-16(2)31)28-25-17(7-5-9-19(25)29)23(18-8-6-10-20(30)26(18)28)24-21(32-3)11-12-22(33-4)27(24)28/h5-12,15,23H,13-14H2,1-4H3/t15-,23?,28?/m1/s1. The first-order valence-corrected chi connectivity index (χ1v) is 11.3. The third-order valence-electron chi connectivity index (χ3n) is 7.39. The number of hydrogen-bond donors (Lipinski definition) is 0. The molecule has 3 aromatic carbocycles. The molecule has 0 fully saturated rings. The Balaban J connectivity index is 1.93. The van der Waals surface area contributed by atoms with Crippen LogP contribution >= 0.6 is 0 Å². The van der Waals surface area contributed by atoms with E-state index in [0.717, 1.165) is 16.7 Å². The summed E-state index contributed by atoms with van der Waals surface area (Å²) in [7, 11) is 3.16. The summed E-state index contributed by atoms with van der Waals surface area (Å²) in [5.41, 5.74) is 2.85. The van der Waals surface area contributed by atoms with Gasteiger partial charge in [0.1, 0.15) is 23.1 Å². The fourth-order valence-corrected chi connectivity index (χ4v) is 6.21. The summed E-state index contributed by atoms with van der Waals surface area (Å²) < 4.78 is 48.5. The second-order valence-corrected chi connectivity index (χ2v) is 8.94. The van der Waals surface area contributed by atoms with Gasteiger partial charge in [0, 0.05) is 35.1 Å². The van der Waals surface area contributed by atoms with Crippen molar-refractivity contribution in [3.05, 3.63) is 93.5 Å². The van der Waals surface area contributed by atoms with Crippen LogP contribution in [-0.2, 0) is 14.9 Å². The number of rotatable bonds is 6. The number of esters is 1. The first-order valence-electron chi connectivity index (χ1n) is 11.3. The maximum Gasteiger partial charge on any atom is 0.302 e. The van der Waals surface area contributed by atoms with E-state index in [1.54, 1.807) is 32.4 Å². The zero-order valence-electron chi connectivity index (χ0n) is 19.6. The van der Waals surface area contributed by atoms with E-state index < -0.39 is 28.9 Å². The molecule has 0 saturated heterocycles. The van der Waals surface area contributed by atoms with Crippen molar-refractivity contribution < 1.29 is 27.8 Å². The van der Waals surface area contributed by atoms with Crippen LogP contribution in [0, 0.1) is 17.6 Å². The summed E-state index contributed by atoms with van der Waals surface area (Å²) in [6, 6.07) is 13.7. The third kappa shape index (κ3) is 2.84. The van der Waals surface area contributed by atoms with E-state index in [-0.39, 0.29) is 12.5 Å². The average molecular weight is 465 g/mol. The third-order valence-corrected chi connectivity index (χ3v) is 7.39. The quantitative estimate of drug-likeness (QED) is 0.438. The van der Waals surface area contributed by atoms with E-state index in [2.05, 4.69) is 0 Å². The van der Waals surface area contributed by atoms with Crippen LogP contribution in [0.4, 0.5) is 8.78 Å². The Hall–Kier alpha value is -3.41. The van der Waals surface area contributed by atoms with Gasteiger partial charge in [0.15, 0.2) is 0 Å². The van der Waals surface area contributed by atoms with Crippen molar-refractivity contribution in [2.24, 2.45) is 5.92 Å². The highest BCUT2D eigenvalue weighted by Crippen LogP contribution is 2.66. The summed E-state index contributed by atoms with van der Waals surface area (Å²) in [4.78, 5) is 11.5. The Bertz CT molecular complexity index is 1250. The van der Waals surface area contributed by atoms with Crippen LogP contribution in [0.15, 0.2) is 48.5 Å². The monoisotopic (exact) mass is 464 g/mol. The molecule has 2 bridgehead atoms. The lowest BCUT2D eigenvalue weighted by molar-refractivity contribution is -0.141. The molecule has 1 atom stereocenters. The summed E-state index contributed by atoms with van der Waals surface area (Å²) in [5, 5.41) is 0. The van der Waals surface area contributed by atoms with Crippen LogP contribution in [0.2, 0.25) is 0 Å². The van der Waals surface area contributed by atoms with Crippen molar-refractivity contribution in [2.45, 2.75) is 31.6 Å². The Morgan fingerprint density at radius 1 is 0.912 bits per heavy atom. The smallest absolute Gasteiger partial charge is 0.302 e. The minimum atomic E-state index is -1.20. The maximum absolute atomic E-state index is 15.8. The molecule has 6 rings (SSSR count). The van der Waals surface area contributed by atoms with E-state index in [1.165, 1.54) is 19.1 Å². The highest BCUT2D eigenvalue weighted by atomic mass is 19.1. The molecule has 34 heavy (non-hydrogen) atoms. The van der Waals surface area contributed by atoms with Crippen LogP contribution in [0.25, 0.3) is 0 Å². The maximum atomic E-state index is 15.8. The highest BCUT2D eigenvalue weighted by Gasteiger charge is 2.59. The number of carbonyl (C=O) groups excluding carboxylic acids is 1. The molecule has 4 nitrogen and oxygen atoms in total. The Kier molecular flexibility index (Phi) is 5.34. The van der Waals surface area contributed by atoms with Gasteiger partial charge in [-0.3, -0.25) is 4.79 Å². The molecule has 0 saturated carbocycles. The number of hydrogen-bond acceptors (Lipinski definition) is 4. The van der Waals surface area contributed by atoms with Gasteiger partial charge in [-0.2, -0.15) is 0 Å². The molecule has 3 aromatic rings. The van der Waals surface area contributed by atoms with Crippen molar-refractivity contribution in [3.63, 3.8) is 0 Å². The van der Waals surface area contributed by atoms with Gasteiger partial charge in [-0.25, -0.2) is 8.78 Å². The molecule has 0 aliphatic heterocycles. The number of methoxy groups -OCH3 is 2. The molecule has 0 aromatic heterocycles. The van der Waals surface area contributed by atoms with Gasteiger partial charge in [0.2, 0.25) is 0 Å². The fraction of sp³-hybridized carbons (Fsp3) is 0.321. The zero-order valence-corrected chi connectivity index (χ0v) is 19.6. The second kappa shape index (κ2) is 8.12. The molecule has 0 heterocycles. The van der Waals surface area contributed by atoms with Gasteiger partial charge in [0.05, 0.1) is 26.2 Å². The van der Waals surface area contributed by atoms with Crippen LogP contribution < -0.4 is 9.47 Å². The van der Waals surface area contributed by atoms with Crippen molar-refractivity contribution in [1.82, 2.24) is 0 Å². The van der Waals surface area contributed by atoms with E-state index >= 15 is 8.78 Å². The van der Waals surface area contributed by atoms with Gasteiger partial charge in [0.25, 0.3) is 0 Å². The Morgan fingerprint density at radius 3 is 2.00 bits per heavy atom. The van der Waals surface area contributed by atoms with Gasteiger partial charge in [-0.1, -0.05) is 31.2 Å². The predicted molar refractivity (Wildman–Crippen MR) is 124 cm³/mol. The molecule has 3 aliphatic rings. The zero-order chi connectivity index (χ0) is 24.2. The molecule has 6 heteroatoms. The van der Waals surface area contributed by atoms with E-state index in [1.807, 2.05) is 25.1 Å². The first-order chi connectivity index (χ1) is 16.4. The summed E-state index contributed by atoms with van der Waals surface area (Å²) in [5.74, 6) is -0.754. The number of carbonyl (C=O) groups is 1. The van der Waals surface area contributed by atoms with Gasteiger partial charge in [-0.15, -0.1) is 0 Å². The number of ether oxygens (including phenoxy) is 3. The average Bonchev–Trinajstić information content (AvgIpc) is 2.82. The second-order valence-electron chi connectivity index (χ2n) is 8.94. The summed E-state index contributed by atoms with van der Waals surface area (Å²) in [6.07, 6.45) is 0.394. The van der Waals surface area contributed by atoms with Crippen molar-refractivity contribution >= 4 is 5.97 Å². The molecule has 0 radical (unpaired) electrons. The predicted octanol–water partition coefficient (Wildman–Crippen LogP) is 5.71. The van der Waals surface area contributed by atoms with Gasteiger partial charge < -0.3 is 14.2 Å². The minimum Gasteiger partial charge on any atom is -0.496 e. The van der Waals surface area contributed by atoms with Crippen LogP contribution in [0.3, 0.4) is 0 Å². The summed E-state index contributed by atoms with van der Waals surface area (Å²) in [6.45, 7) is 3.43. The van der Waals surface area contributed by atoms with Crippen LogP contribution in [0.5, 0.6) is 11.5 Å². The van der Waals surface area contributed by atoms with Crippen molar-refractivity contribution in [1.29, 1.82) is 0 Å². The highest BCUT2D eigenvalue weighted by molar-refractivity contribution is 5.77. The molecule has 0 spiro atoms. The molecule has 176 valence electrons. The molecule has 0 amide bonds. The molecule has 0 unspecified atom stereocenters. The molecule has 0 N–H and O–H groups in total. The van der Waals surface area contributed by atoms with Crippen molar-refractivity contribution in [3.8, 4) is 11.5 Å². The van der Waals surface area contributed by atoms with Crippen LogP contribution in [0.1, 0.15) is 59.6 Å². The van der Waals surface area contributed by atoms with Gasteiger partial charge in [-0.05, 0) is 47.7 Å². The molecular weight excluding hydrogens is 438 g/mol. The first kappa shape index (κ1) is 22.4. The fourth-order valence-electron chi connectivity index (χ4n) is 6.21. The van der Waals surface area contributed by atoms with E-state index in [4.69, 9.17) is 14.2 Å². The normalized spacial score (nSPS) is 20.1. The topological polar surface area (TPSA) is 44.8 Å². The summed E-state index contributed by atoms with van der Waals surface area (Å²) >= 11 is 0. The van der Waals surface area contributed by atoms with Crippen LogP contribution in [-0.4, -0.2) is 26.8 Å².